The lowest BCUT2D eigenvalue weighted by atomic mass is 10.1. The van der Waals surface area contributed by atoms with Gasteiger partial charge in [-0.25, -0.2) is 4.79 Å². The molecule has 6 heteroatoms. The second-order valence-electron chi connectivity index (χ2n) is 4.42. The molecule has 0 amide bonds. The fraction of sp³-hybridized carbons (Fsp3) is 0.889. The van der Waals surface area contributed by atoms with Crippen LogP contribution in [-0.2, 0) is 23.7 Å². The molecule has 3 heterocycles. The van der Waals surface area contributed by atoms with E-state index in [2.05, 4.69) is 0 Å². The maximum absolute atomic E-state index is 11.1. The van der Waals surface area contributed by atoms with Gasteiger partial charge in [0.2, 0.25) is 0 Å². The smallest absolute Gasteiger partial charge is 0.338 e. The fourth-order valence-corrected chi connectivity index (χ4v) is 2.23. The topological polar surface area (TPSA) is 74.2 Å². The number of carbonyl (C=O) groups excluding carboxylic acids is 1. The van der Waals surface area contributed by atoms with Crippen LogP contribution in [0.2, 0.25) is 0 Å². The van der Waals surface area contributed by atoms with Gasteiger partial charge in [0.25, 0.3) is 0 Å². The van der Waals surface area contributed by atoms with E-state index in [0.29, 0.717) is 0 Å². The minimum atomic E-state index is -1.23. The third-order valence-corrected chi connectivity index (χ3v) is 2.83. The van der Waals surface area contributed by atoms with Gasteiger partial charge in [-0.05, 0) is 13.8 Å². The summed E-state index contributed by atoms with van der Waals surface area (Å²) in [5.74, 6) is -1.39. The molecule has 6 nitrogen and oxygen atoms in total. The molecule has 3 aliphatic rings. The first kappa shape index (κ1) is 9.53. The van der Waals surface area contributed by atoms with Crippen LogP contribution in [0.1, 0.15) is 13.8 Å². The van der Waals surface area contributed by atoms with Gasteiger partial charge < -0.3 is 24.1 Å². The molecule has 0 aromatic heterocycles. The summed E-state index contributed by atoms with van der Waals surface area (Å²) in [6, 6.07) is 0. The molecule has 15 heavy (non-hydrogen) atoms. The molecule has 5 atom stereocenters. The number of aliphatic hydroxyl groups excluding tert-OH is 1. The monoisotopic (exact) mass is 216 g/mol. The Labute approximate surface area is 86.1 Å². The van der Waals surface area contributed by atoms with E-state index >= 15 is 0 Å². The third kappa shape index (κ3) is 1.22. The van der Waals surface area contributed by atoms with Crippen LogP contribution < -0.4 is 0 Å². The summed E-state index contributed by atoms with van der Waals surface area (Å²) in [6.07, 6.45) is -3.44. The Balaban J connectivity index is 1.83. The highest BCUT2D eigenvalue weighted by Crippen LogP contribution is 2.42. The van der Waals surface area contributed by atoms with Crippen molar-refractivity contribution in [2.45, 2.75) is 50.3 Å². The molecule has 3 rings (SSSR count). The third-order valence-electron chi connectivity index (χ3n) is 2.83. The Kier molecular flexibility index (Phi) is 1.72. The number of hydrogen-bond donors (Lipinski definition) is 1. The lowest BCUT2D eigenvalue weighted by molar-refractivity contribution is -0.214. The molecule has 84 valence electrons. The van der Waals surface area contributed by atoms with Gasteiger partial charge in [-0.1, -0.05) is 0 Å². The molecule has 0 aromatic carbocycles. The van der Waals surface area contributed by atoms with Crippen LogP contribution in [0.25, 0.3) is 0 Å². The molecule has 2 unspecified atom stereocenters. The Morgan fingerprint density at radius 3 is 2.67 bits per heavy atom. The van der Waals surface area contributed by atoms with Crippen molar-refractivity contribution < 1.29 is 28.8 Å². The minimum Gasteiger partial charge on any atom is -0.454 e. The van der Waals surface area contributed by atoms with Crippen molar-refractivity contribution in [2.24, 2.45) is 0 Å². The van der Waals surface area contributed by atoms with Crippen molar-refractivity contribution in [1.82, 2.24) is 0 Å². The first-order valence-corrected chi connectivity index (χ1v) is 4.88. The van der Waals surface area contributed by atoms with Crippen molar-refractivity contribution >= 4 is 5.97 Å². The van der Waals surface area contributed by atoms with Crippen LogP contribution in [0.4, 0.5) is 0 Å². The van der Waals surface area contributed by atoms with E-state index in [1.165, 1.54) is 0 Å². The number of fused-ring (bicyclic) bond motifs is 3. The zero-order valence-electron chi connectivity index (χ0n) is 8.38. The van der Waals surface area contributed by atoms with Crippen molar-refractivity contribution in [3.63, 3.8) is 0 Å². The van der Waals surface area contributed by atoms with Crippen LogP contribution in [0.15, 0.2) is 0 Å². The Morgan fingerprint density at radius 1 is 1.20 bits per heavy atom. The van der Waals surface area contributed by atoms with Gasteiger partial charge in [-0.2, -0.15) is 0 Å². The van der Waals surface area contributed by atoms with Crippen LogP contribution >= 0.6 is 0 Å². The van der Waals surface area contributed by atoms with E-state index < -0.39 is 42.5 Å². The summed E-state index contributed by atoms with van der Waals surface area (Å²) < 4.78 is 21.4. The predicted octanol–water partition coefficient (Wildman–Crippen LogP) is -0.851. The zero-order valence-corrected chi connectivity index (χ0v) is 8.38. The van der Waals surface area contributed by atoms with E-state index in [0.717, 1.165) is 0 Å². The molecular weight excluding hydrogens is 204 g/mol. The zero-order chi connectivity index (χ0) is 10.8. The Morgan fingerprint density at radius 2 is 1.93 bits per heavy atom. The highest BCUT2D eigenvalue weighted by atomic mass is 16.8. The highest BCUT2D eigenvalue weighted by molar-refractivity contribution is 5.78. The summed E-state index contributed by atoms with van der Waals surface area (Å²) in [4.78, 5) is 11.1. The maximum atomic E-state index is 11.1. The van der Waals surface area contributed by atoms with Gasteiger partial charge >= 0.3 is 5.97 Å². The first-order chi connectivity index (χ1) is 6.98. The molecule has 0 spiro atoms. The standard InChI is InChI=1S/C9H12O6/c1-9(2)14-6-5-4(13-8(6)15-9)3(10)7(11)12-5/h3-6,8,10H,1-2H3/t3-,4?,5-,6?,8+/m0/s1. The van der Waals surface area contributed by atoms with Crippen molar-refractivity contribution in [1.29, 1.82) is 0 Å². The van der Waals surface area contributed by atoms with Gasteiger partial charge in [-0.3, -0.25) is 0 Å². The molecule has 3 saturated heterocycles. The molecule has 0 aromatic rings. The van der Waals surface area contributed by atoms with Crippen LogP contribution in [0, 0.1) is 0 Å². The quantitative estimate of drug-likeness (QED) is 0.532. The molecule has 0 radical (unpaired) electrons. The number of carbonyl (C=O) groups is 1. The normalized spacial score (nSPS) is 51.4. The van der Waals surface area contributed by atoms with Gasteiger partial charge in [0, 0.05) is 0 Å². The lowest BCUT2D eigenvalue weighted by Gasteiger charge is -2.20. The lowest BCUT2D eigenvalue weighted by Crippen LogP contribution is -2.35. The van der Waals surface area contributed by atoms with Crippen LogP contribution in [-0.4, -0.2) is 47.6 Å². The number of hydrogen-bond acceptors (Lipinski definition) is 6. The molecule has 0 bridgehead atoms. The summed E-state index contributed by atoms with van der Waals surface area (Å²) >= 11 is 0. The second kappa shape index (κ2) is 2.70. The number of rotatable bonds is 0. The fourth-order valence-electron chi connectivity index (χ4n) is 2.23. The number of aliphatic hydroxyl groups is 1. The average Bonchev–Trinajstić information content (AvgIpc) is 2.66. The minimum absolute atomic E-state index is 0.439. The average molecular weight is 216 g/mol. The van der Waals surface area contributed by atoms with Gasteiger partial charge in [-0.15, -0.1) is 0 Å². The number of esters is 1. The first-order valence-electron chi connectivity index (χ1n) is 4.88. The van der Waals surface area contributed by atoms with E-state index in [9.17, 15) is 9.90 Å². The van der Waals surface area contributed by atoms with E-state index in [1.807, 2.05) is 0 Å². The van der Waals surface area contributed by atoms with Gasteiger partial charge in [0.05, 0.1) is 0 Å². The molecule has 0 aliphatic carbocycles. The molecule has 1 N–H and O–H groups in total. The van der Waals surface area contributed by atoms with Crippen molar-refractivity contribution in [2.75, 3.05) is 0 Å². The molecule has 3 aliphatic heterocycles. The molecule has 0 saturated carbocycles. The van der Waals surface area contributed by atoms with Gasteiger partial charge in [0.1, 0.15) is 6.10 Å². The second-order valence-corrected chi connectivity index (χ2v) is 4.42. The van der Waals surface area contributed by atoms with Crippen LogP contribution in [0.3, 0.4) is 0 Å². The summed E-state index contributed by atoms with van der Waals surface area (Å²) in [5.41, 5.74) is 0. The van der Waals surface area contributed by atoms with E-state index in [4.69, 9.17) is 18.9 Å². The van der Waals surface area contributed by atoms with E-state index in [1.54, 1.807) is 13.8 Å². The largest absolute Gasteiger partial charge is 0.454 e. The predicted molar refractivity (Wildman–Crippen MR) is 44.6 cm³/mol. The summed E-state index contributed by atoms with van der Waals surface area (Å²) in [5, 5.41) is 9.44. The van der Waals surface area contributed by atoms with Gasteiger partial charge in [0.15, 0.2) is 30.4 Å². The number of ether oxygens (including phenoxy) is 4. The maximum Gasteiger partial charge on any atom is 0.338 e. The highest BCUT2D eigenvalue weighted by Gasteiger charge is 2.62. The van der Waals surface area contributed by atoms with Crippen LogP contribution in [0.5, 0.6) is 0 Å². The van der Waals surface area contributed by atoms with Crippen molar-refractivity contribution in [3.8, 4) is 0 Å². The Bertz CT molecular complexity index is 314. The summed E-state index contributed by atoms with van der Waals surface area (Å²) in [6.45, 7) is 3.52. The molecule has 3 fully saturated rings. The van der Waals surface area contributed by atoms with E-state index in [-0.39, 0.29) is 0 Å². The Hall–Kier alpha value is -0.690. The SMILES string of the molecule is CC1(C)OC2[C@H](OC3[C@@H]2OC(=O)[C@H]3O)O1. The molecular formula is C9H12O6. The van der Waals surface area contributed by atoms with Crippen molar-refractivity contribution in [3.05, 3.63) is 0 Å². The summed E-state index contributed by atoms with van der Waals surface area (Å²) in [7, 11) is 0.